The van der Waals surface area contributed by atoms with Crippen LogP contribution in [0.15, 0.2) is 24.5 Å². The molecule has 1 heterocycles. The molecule has 19 heavy (non-hydrogen) atoms. The largest absolute Gasteiger partial charge is 0.389 e. The van der Waals surface area contributed by atoms with Crippen LogP contribution in [0, 0.1) is 0 Å². The molecule has 0 saturated carbocycles. The van der Waals surface area contributed by atoms with Crippen molar-refractivity contribution in [2.24, 2.45) is 12.8 Å². The van der Waals surface area contributed by atoms with E-state index in [0.29, 0.717) is 23.0 Å². The second-order valence-corrected chi connectivity index (χ2v) is 4.94. The van der Waals surface area contributed by atoms with Crippen LogP contribution in [0.5, 0.6) is 0 Å². The van der Waals surface area contributed by atoms with Crippen molar-refractivity contribution in [3.8, 4) is 0 Å². The third kappa shape index (κ3) is 3.65. The zero-order valence-corrected chi connectivity index (χ0v) is 12.0. The second kappa shape index (κ2) is 5.99. The minimum atomic E-state index is 0.343. The van der Waals surface area contributed by atoms with Crippen molar-refractivity contribution in [2.75, 3.05) is 11.9 Å². The molecular weight excluding hydrogens is 282 g/mol. The van der Waals surface area contributed by atoms with E-state index in [9.17, 15) is 0 Å². The Morgan fingerprint density at radius 2 is 2.32 bits per heavy atom. The molecule has 0 atom stereocenters. The predicted molar refractivity (Wildman–Crippen MR) is 80.5 cm³/mol. The monoisotopic (exact) mass is 295 g/mol. The fourth-order valence-corrected chi connectivity index (χ4v) is 2.04. The van der Waals surface area contributed by atoms with Gasteiger partial charge in [-0.2, -0.15) is 5.10 Å². The first-order valence-corrected chi connectivity index (χ1v) is 6.52. The SMILES string of the molecule is Cn1cnc(CCNc2cc(Cl)ccc2C(N)=S)n1. The van der Waals surface area contributed by atoms with Crippen LogP contribution in [-0.4, -0.2) is 26.3 Å². The van der Waals surface area contributed by atoms with Crippen molar-refractivity contribution < 1.29 is 0 Å². The first-order valence-electron chi connectivity index (χ1n) is 5.74. The maximum absolute atomic E-state index is 5.97. The molecular formula is C12H14ClN5S. The number of anilines is 1. The Morgan fingerprint density at radius 1 is 1.53 bits per heavy atom. The highest BCUT2D eigenvalue weighted by Gasteiger charge is 2.06. The first kappa shape index (κ1) is 13.8. The van der Waals surface area contributed by atoms with E-state index in [1.807, 2.05) is 19.2 Å². The standard InChI is InChI=1S/C12H14ClN5S/c1-18-7-16-11(17-18)4-5-15-10-6-8(13)2-3-9(10)12(14)19/h2-3,6-7,15H,4-5H2,1H3,(H2,14,19). The number of halogens is 1. The summed E-state index contributed by atoms with van der Waals surface area (Å²) in [6, 6.07) is 5.38. The zero-order valence-electron chi connectivity index (χ0n) is 10.4. The van der Waals surface area contributed by atoms with E-state index in [-0.39, 0.29) is 0 Å². The van der Waals surface area contributed by atoms with Crippen molar-refractivity contribution in [3.63, 3.8) is 0 Å². The van der Waals surface area contributed by atoms with E-state index >= 15 is 0 Å². The van der Waals surface area contributed by atoms with Crippen molar-refractivity contribution in [1.82, 2.24) is 14.8 Å². The Kier molecular flexibility index (Phi) is 4.34. The summed E-state index contributed by atoms with van der Waals surface area (Å²) >= 11 is 11.0. The van der Waals surface area contributed by atoms with Gasteiger partial charge in [0, 0.05) is 36.3 Å². The van der Waals surface area contributed by atoms with Crippen LogP contribution in [0.25, 0.3) is 0 Å². The molecule has 0 aliphatic carbocycles. The normalized spacial score (nSPS) is 10.4. The highest BCUT2D eigenvalue weighted by molar-refractivity contribution is 7.80. The Hall–Kier alpha value is -1.66. The lowest BCUT2D eigenvalue weighted by Crippen LogP contribution is -2.14. The van der Waals surface area contributed by atoms with Crippen LogP contribution in [0.4, 0.5) is 5.69 Å². The van der Waals surface area contributed by atoms with Crippen LogP contribution in [-0.2, 0) is 13.5 Å². The summed E-state index contributed by atoms with van der Waals surface area (Å²) in [4.78, 5) is 4.50. The van der Waals surface area contributed by atoms with E-state index in [4.69, 9.17) is 29.6 Å². The molecule has 0 aliphatic heterocycles. The highest BCUT2D eigenvalue weighted by atomic mass is 35.5. The minimum absolute atomic E-state index is 0.343. The lowest BCUT2D eigenvalue weighted by atomic mass is 10.1. The van der Waals surface area contributed by atoms with E-state index < -0.39 is 0 Å². The average Bonchev–Trinajstić information content (AvgIpc) is 2.75. The maximum atomic E-state index is 5.97. The molecule has 3 N–H and O–H groups in total. The van der Waals surface area contributed by atoms with Gasteiger partial charge in [-0.05, 0) is 18.2 Å². The van der Waals surface area contributed by atoms with E-state index in [1.165, 1.54) is 0 Å². The smallest absolute Gasteiger partial charge is 0.152 e. The number of nitrogens with two attached hydrogens (primary N) is 1. The van der Waals surface area contributed by atoms with Crippen LogP contribution in [0.1, 0.15) is 11.4 Å². The van der Waals surface area contributed by atoms with Gasteiger partial charge in [0.05, 0.1) is 0 Å². The highest BCUT2D eigenvalue weighted by Crippen LogP contribution is 2.21. The third-order valence-electron chi connectivity index (χ3n) is 2.56. The van der Waals surface area contributed by atoms with Gasteiger partial charge in [-0.1, -0.05) is 23.8 Å². The van der Waals surface area contributed by atoms with Crippen LogP contribution in [0.2, 0.25) is 5.02 Å². The fraction of sp³-hybridized carbons (Fsp3) is 0.250. The van der Waals surface area contributed by atoms with Gasteiger partial charge in [-0.3, -0.25) is 4.68 Å². The topological polar surface area (TPSA) is 68.8 Å². The third-order valence-corrected chi connectivity index (χ3v) is 3.01. The van der Waals surface area contributed by atoms with Gasteiger partial charge in [0.15, 0.2) is 5.82 Å². The summed E-state index contributed by atoms with van der Waals surface area (Å²) in [6.45, 7) is 0.681. The van der Waals surface area contributed by atoms with Crippen molar-refractivity contribution in [2.45, 2.75) is 6.42 Å². The number of nitrogens with zero attached hydrogens (tertiary/aromatic N) is 3. The predicted octanol–water partition coefficient (Wildman–Crippen LogP) is 1.76. The lowest BCUT2D eigenvalue weighted by Gasteiger charge is -2.10. The Balaban J connectivity index is 2.02. The summed E-state index contributed by atoms with van der Waals surface area (Å²) in [5, 5.41) is 8.10. The Morgan fingerprint density at radius 3 is 2.95 bits per heavy atom. The molecule has 2 rings (SSSR count). The van der Waals surface area contributed by atoms with Gasteiger partial charge in [-0.25, -0.2) is 4.98 Å². The molecule has 100 valence electrons. The molecule has 1 aromatic carbocycles. The fourth-order valence-electron chi connectivity index (χ4n) is 1.69. The second-order valence-electron chi connectivity index (χ2n) is 4.07. The van der Waals surface area contributed by atoms with Gasteiger partial charge in [0.25, 0.3) is 0 Å². The molecule has 0 radical (unpaired) electrons. The number of aryl methyl sites for hydroxylation is 1. The zero-order chi connectivity index (χ0) is 13.8. The van der Waals surface area contributed by atoms with Gasteiger partial charge < -0.3 is 11.1 Å². The number of hydrogen-bond donors (Lipinski definition) is 2. The van der Waals surface area contributed by atoms with Crippen LogP contribution in [0.3, 0.4) is 0 Å². The summed E-state index contributed by atoms with van der Waals surface area (Å²) < 4.78 is 1.68. The molecule has 1 aromatic heterocycles. The lowest BCUT2D eigenvalue weighted by molar-refractivity contribution is 0.742. The molecule has 0 bridgehead atoms. The first-order chi connectivity index (χ1) is 9.06. The van der Waals surface area contributed by atoms with E-state index in [0.717, 1.165) is 17.1 Å². The van der Waals surface area contributed by atoms with Gasteiger partial charge in [0.1, 0.15) is 11.3 Å². The van der Waals surface area contributed by atoms with Gasteiger partial charge >= 0.3 is 0 Å². The van der Waals surface area contributed by atoms with Crippen molar-refractivity contribution in [1.29, 1.82) is 0 Å². The molecule has 2 aromatic rings. The number of aromatic nitrogens is 3. The number of benzene rings is 1. The number of hydrogen-bond acceptors (Lipinski definition) is 4. The average molecular weight is 296 g/mol. The van der Waals surface area contributed by atoms with Crippen LogP contribution >= 0.6 is 23.8 Å². The summed E-state index contributed by atoms with van der Waals surface area (Å²) in [6.07, 6.45) is 2.39. The molecule has 0 aliphatic rings. The summed E-state index contributed by atoms with van der Waals surface area (Å²) in [5.41, 5.74) is 7.29. The molecule has 0 spiro atoms. The maximum Gasteiger partial charge on any atom is 0.152 e. The van der Waals surface area contributed by atoms with E-state index in [1.54, 1.807) is 17.1 Å². The number of thiocarbonyl (C=S) groups is 1. The van der Waals surface area contributed by atoms with Crippen LogP contribution < -0.4 is 11.1 Å². The Bertz CT molecular complexity index is 596. The quantitative estimate of drug-likeness (QED) is 0.823. The molecule has 7 heteroatoms. The molecule has 0 fully saturated rings. The Labute approximate surface area is 121 Å². The van der Waals surface area contributed by atoms with Gasteiger partial charge in [0.2, 0.25) is 0 Å². The summed E-state index contributed by atoms with van der Waals surface area (Å²) in [7, 11) is 1.84. The summed E-state index contributed by atoms with van der Waals surface area (Å²) in [5.74, 6) is 0.786. The molecule has 0 amide bonds. The van der Waals surface area contributed by atoms with Gasteiger partial charge in [-0.15, -0.1) is 0 Å². The molecule has 0 saturated heterocycles. The molecule has 0 unspecified atom stereocenters. The number of rotatable bonds is 5. The van der Waals surface area contributed by atoms with Crippen molar-refractivity contribution in [3.05, 3.63) is 40.9 Å². The minimum Gasteiger partial charge on any atom is -0.389 e. The number of nitrogens with one attached hydrogen (secondary N) is 1. The molecule has 5 nitrogen and oxygen atoms in total. The van der Waals surface area contributed by atoms with Crippen molar-refractivity contribution >= 4 is 34.5 Å². The van der Waals surface area contributed by atoms with E-state index in [2.05, 4.69) is 15.4 Å².